The molecule has 88 valence electrons. The highest BCUT2D eigenvalue weighted by atomic mass is 35.5. The lowest BCUT2D eigenvalue weighted by molar-refractivity contribution is -0.0497. The molecule has 0 heterocycles. The number of carbonyl (C=O) groups is 1. The summed E-state index contributed by atoms with van der Waals surface area (Å²) in [5.41, 5.74) is 0.0547. The molecule has 0 atom stereocenters. The van der Waals surface area contributed by atoms with Crippen molar-refractivity contribution in [3.63, 3.8) is 0 Å². The molecule has 0 N–H and O–H groups in total. The first-order valence-electron chi connectivity index (χ1n) is 3.98. The van der Waals surface area contributed by atoms with E-state index in [9.17, 15) is 13.6 Å². The Labute approximate surface area is 99.9 Å². The Morgan fingerprint density at radius 1 is 1.31 bits per heavy atom. The molecule has 16 heavy (non-hydrogen) atoms. The van der Waals surface area contributed by atoms with Gasteiger partial charge in [0.05, 0.1) is 22.7 Å². The van der Waals surface area contributed by atoms with Gasteiger partial charge in [0.15, 0.2) is 5.75 Å². The van der Waals surface area contributed by atoms with Gasteiger partial charge in [-0.1, -0.05) is 23.2 Å². The van der Waals surface area contributed by atoms with Crippen LogP contribution in [-0.2, 0) is 4.74 Å². The molecule has 0 aliphatic rings. The minimum Gasteiger partial charge on any atom is -0.465 e. The van der Waals surface area contributed by atoms with Gasteiger partial charge in [0.2, 0.25) is 0 Å². The van der Waals surface area contributed by atoms with E-state index in [2.05, 4.69) is 9.47 Å². The van der Waals surface area contributed by atoms with E-state index < -0.39 is 12.6 Å². The van der Waals surface area contributed by atoms with Crippen LogP contribution in [0.5, 0.6) is 5.75 Å². The van der Waals surface area contributed by atoms with Gasteiger partial charge in [0, 0.05) is 0 Å². The highest BCUT2D eigenvalue weighted by molar-refractivity contribution is 6.37. The number of benzene rings is 1. The quantitative estimate of drug-likeness (QED) is 0.790. The maximum atomic E-state index is 12.0. The summed E-state index contributed by atoms with van der Waals surface area (Å²) < 4.78 is 32.5. The summed E-state index contributed by atoms with van der Waals surface area (Å²) in [6.07, 6.45) is 0. The van der Waals surface area contributed by atoms with Crippen LogP contribution in [0, 0.1) is 0 Å². The van der Waals surface area contributed by atoms with Crippen molar-refractivity contribution in [3.05, 3.63) is 27.7 Å². The van der Waals surface area contributed by atoms with E-state index in [4.69, 9.17) is 23.2 Å². The summed E-state index contributed by atoms with van der Waals surface area (Å²) in [5.74, 6) is -1.04. The fraction of sp³-hybridized carbons (Fsp3) is 0.222. The lowest BCUT2D eigenvalue weighted by Crippen LogP contribution is -2.05. The van der Waals surface area contributed by atoms with E-state index in [-0.39, 0.29) is 21.4 Å². The number of esters is 1. The number of hydrogen-bond acceptors (Lipinski definition) is 3. The third kappa shape index (κ3) is 2.96. The second-order valence-electron chi connectivity index (χ2n) is 2.64. The number of alkyl halides is 2. The zero-order valence-electron chi connectivity index (χ0n) is 7.97. The molecule has 1 aromatic rings. The summed E-state index contributed by atoms with van der Waals surface area (Å²) >= 11 is 11.3. The molecule has 0 aromatic heterocycles. The third-order valence-electron chi connectivity index (χ3n) is 1.63. The SMILES string of the molecule is COC(=O)c1cc(Cl)c(OC(F)F)c(Cl)c1. The average molecular weight is 271 g/mol. The molecule has 0 fully saturated rings. The number of ether oxygens (including phenoxy) is 2. The molecule has 0 saturated heterocycles. The molecule has 0 bridgehead atoms. The Morgan fingerprint density at radius 2 is 1.81 bits per heavy atom. The normalized spacial score (nSPS) is 10.4. The van der Waals surface area contributed by atoms with Crippen molar-refractivity contribution in [1.29, 1.82) is 0 Å². The Morgan fingerprint density at radius 3 is 2.19 bits per heavy atom. The topological polar surface area (TPSA) is 35.5 Å². The minimum absolute atomic E-state index is 0.0547. The van der Waals surface area contributed by atoms with Crippen LogP contribution >= 0.6 is 23.2 Å². The molecule has 1 aromatic carbocycles. The number of methoxy groups -OCH3 is 1. The number of halogens is 4. The van der Waals surface area contributed by atoms with Gasteiger partial charge in [0.25, 0.3) is 0 Å². The predicted molar refractivity (Wildman–Crippen MR) is 54.4 cm³/mol. The molecule has 0 amide bonds. The van der Waals surface area contributed by atoms with E-state index in [0.717, 1.165) is 12.1 Å². The average Bonchev–Trinajstić information content (AvgIpc) is 2.21. The van der Waals surface area contributed by atoms with E-state index in [1.54, 1.807) is 0 Å². The zero-order chi connectivity index (χ0) is 12.3. The Hall–Kier alpha value is -1.07. The molecular formula is C9H6Cl2F2O3. The highest BCUT2D eigenvalue weighted by Crippen LogP contribution is 2.35. The van der Waals surface area contributed by atoms with Gasteiger partial charge in [-0.15, -0.1) is 0 Å². The molecule has 0 radical (unpaired) electrons. The molecule has 0 aliphatic carbocycles. The van der Waals surface area contributed by atoms with Crippen molar-refractivity contribution >= 4 is 29.2 Å². The van der Waals surface area contributed by atoms with Gasteiger partial charge in [0.1, 0.15) is 0 Å². The monoisotopic (exact) mass is 270 g/mol. The number of hydrogen-bond donors (Lipinski definition) is 0. The van der Waals surface area contributed by atoms with Crippen LogP contribution in [-0.4, -0.2) is 19.7 Å². The first-order valence-corrected chi connectivity index (χ1v) is 4.73. The van der Waals surface area contributed by atoms with Crippen molar-refractivity contribution in [2.45, 2.75) is 6.61 Å². The van der Waals surface area contributed by atoms with Crippen LogP contribution < -0.4 is 4.74 Å². The van der Waals surface area contributed by atoms with E-state index in [0.29, 0.717) is 0 Å². The summed E-state index contributed by atoms with van der Waals surface area (Å²) in [6.45, 7) is -3.04. The summed E-state index contributed by atoms with van der Waals surface area (Å²) in [4.78, 5) is 11.1. The molecule has 0 saturated carbocycles. The van der Waals surface area contributed by atoms with Gasteiger partial charge in [-0.05, 0) is 12.1 Å². The van der Waals surface area contributed by atoms with Crippen LogP contribution in [0.15, 0.2) is 12.1 Å². The van der Waals surface area contributed by atoms with E-state index in [1.165, 1.54) is 7.11 Å². The molecule has 3 nitrogen and oxygen atoms in total. The standard InChI is InChI=1S/C9H6Cl2F2O3/c1-15-8(14)4-2-5(10)7(6(11)3-4)16-9(12)13/h2-3,9H,1H3. The van der Waals surface area contributed by atoms with Crippen LogP contribution in [0.2, 0.25) is 10.0 Å². The molecule has 7 heteroatoms. The lowest BCUT2D eigenvalue weighted by Gasteiger charge is -2.09. The fourth-order valence-electron chi connectivity index (χ4n) is 0.997. The van der Waals surface area contributed by atoms with Gasteiger partial charge < -0.3 is 9.47 Å². The molecule has 1 rings (SSSR count). The molecule has 0 aliphatic heterocycles. The van der Waals surface area contributed by atoms with E-state index >= 15 is 0 Å². The molecule has 0 spiro atoms. The zero-order valence-corrected chi connectivity index (χ0v) is 9.48. The van der Waals surface area contributed by atoms with Crippen LogP contribution in [0.4, 0.5) is 8.78 Å². The molecule has 0 unspecified atom stereocenters. The summed E-state index contributed by atoms with van der Waals surface area (Å²) in [7, 11) is 1.17. The van der Waals surface area contributed by atoms with Crippen molar-refractivity contribution in [1.82, 2.24) is 0 Å². The Balaban J connectivity index is 3.12. The number of carbonyl (C=O) groups excluding carboxylic acids is 1. The second kappa shape index (κ2) is 5.32. The van der Waals surface area contributed by atoms with Crippen LogP contribution in [0.1, 0.15) is 10.4 Å². The Bertz CT molecular complexity index is 387. The smallest absolute Gasteiger partial charge is 0.387 e. The second-order valence-corrected chi connectivity index (χ2v) is 3.45. The summed E-state index contributed by atoms with van der Waals surface area (Å²) in [5, 5.41) is -0.374. The molecular weight excluding hydrogens is 265 g/mol. The predicted octanol–water partition coefficient (Wildman–Crippen LogP) is 3.38. The maximum absolute atomic E-state index is 12.0. The first-order chi connectivity index (χ1) is 7.45. The van der Waals surface area contributed by atoms with Crippen LogP contribution in [0.25, 0.3) is 0 Å². The van der Waals surface area contributed by atoms with Crippen molar-refractivity contribution < 1.29 is 23.0 Å². The summed E-state index contributed by atoms with van der Waals surface area (Å²) in [6, 6.07) is 2.27. The third-order valence-corrected chi connectivity index (χ3v) is 2.19. The van der Waals surface area contributed by atoms with Gasteiger partial charge >= 0.3 is 12.6 Å². The van der Waals surface area contributed by atoms with Gasteiger partial charge in [-0.25, -0.2) is 4.79 Å². The first kappa shape index (κ1) is 13.0. The van der Waals surface area contributed by atoms with Crippen molar-refractivity contribution in [2.75, 3.05) is 7.11 Å². The largest absolute Gasteiger partial charge is 0.465 e. The van der Waals surface area contributed by atoms with Crippen molar-refractivity contribution in [2.24, 2.45) is 0 Å². The fourth-order valence-corrected chi connectivity index (χ4v) is 1.57. The highest BCUT2D eigenvalue weighted by Gasteiger charge is 2.17. The maximum Gasteiger partial charge on any atom is 0.387 e. The number of rotatable bonds is 3. The van der Waals surface area contributed by atoms with E-state index in [1.807, 2.05) is 0 Å². The lowest BCUT2D eigenvalue weighted by atomic mass is 10.2. The van der Waals surface area contributed by atoms with Crippen LogP contribution in [0.3, 0.4) is 0 Å². The van der Waals surface area contributed by atoms with Gasteiger partial charge in [-0.3, -0.25) is 0 Å². The van der Waals surface area contributed by atoms with Gasteiger partial charge in [-0.2, -0.15) is 8.78 Å². The minimum atomic E-state index is -3.04. The van der Waals surface area contributed by atoms with Crippen molar-refractivity contribution in [3.8, 4) is 5.75 Å². The Kier molecular flexibility index (Phi) is 4.32.